The van der Waals surface area contributed by atoms with Crippen LogP contribution in [0.1, 0.15) is 51.3 Å². The zero-order valence-electron chi connectivity index (χ0n) is 11.3. The Morgan fingerprint density at radius 2 is 2.05 bits per heavy atom. The first-order valence-corrected chi connectivity index (χ1v) is 7.73. The summed E-state index contributed by atoms with van der Waals surface area (Å²) in [5, 5.41) is 13.5. The number of hydrogen-bond donors (Lipinski definition) is 2. The van der Waals surface area contributed by atoms with E-state index in [2.05, 4.69) is 14.7 Å². The number of carboxylic acids is 1. The van der Waals surface area contributed by atoms with Crippen LogP contribution in [0.25, 0.3) is 0 Å². The van der Waals surface area contributed by atoms with Crippen LogP contribution in [0, 0.1) is 5.41 Å². The van der Waals surface area contributed by atoms with Crippen LogP contribution in [0.5, 0.6) is 0 Å². The summed E-state index contributed by atoms with van der Waals surface area (Å²) in [6.07, 6.45) is 6.63. The number of rotatable bonds is 5. The Kier molecular flexibility index (Phi) is 4.74. The van der Waals surface area contributed by atoms with Crippen LogP contribution in [0.3, 0.4) is 0 Å². The van der Waals surface area contributed by atoms with Crippen LogP contribution >= 0.6 is 11.5 Å². The van der Waals surface area contributed by atoms with E-state index in [0.29, 0.717) is 6.54 Å². The maximum absolute atomic E-state index is 11.6. The van der Waals surface area contributed by atoms with Gasteiger partial charge < -0.3 is 10.4 Å². The van der Waals surface area contributed by atoms with Crippen LogP contribution in [-0.4, -0.2) is 27.0 Å². The highest BCUT2D eigenvalue weighted by Gasteiger charge is 2.38. The lowest BCUT2D eigenvalue weighted by molar-refractivity contribution is -0.149. The van der Waals surface area contributed by atoms with Gasteiger partial charge in [-0.05, 0) is 12.8 Å². The third kappa shape index (κ3) is 3.43. The fraction of sp³-hybridized carbons (Fsp3) is 0.769. The molecular formula is C13H21N3O2S. The molecule has 0 unspecified atom stereocenters. The molecule has 1 aliphatic carbocycles. The van der Waals surface area contributed by atoms with Gasteiger partial charge in [0.05, 0.1) is 5.41 Å². The Morgan fingerprint density at radius 3 is 2.58 bits per heavy atom. The lowest BCUT2D eigenvalue weighted by Crippen LogP contribution is -2.37. The van der Waals surface area contributed by atoms with Crippen molar-refractivity contribution in [1.82, 2.24) is 9.36 Å². The first kappa shape index (κ1) is 14.2. The van der Waals surface area contributed by atoms with Crippen LogP contribution in [0.4, 0.5) is 5.13 Å². The lowest BCUT2D eigenvalue weighted by Gasteiger charge is -2.27. The number of carboxylic acid groups (broad SMARTS) is 1. The molecule has 0 aromatic carbocycles. The number of anilines is 1. The number of aliphatic carboxylic acids is 1. The van der Waals surface area contributed by atoms with Crippen LogP contribution in [0.2, 0.25) is 0 Å². The Bertz CT molecular complexity index is 425. The van der Waals surface area contributed by atoms with E-state index in [1.54, 1.807) is 0 Å². The first-order chi connectivity index (χ1) is 9.16. The van der Waals surface area contributed by atoms with Crippen LogP contribution in [-0.2, 0) is 11.2 Å². The highest BCUT2D eigenvalue weighted by Crippen LogP contribution is 2.35. The number of aryl methyl sites for hydroxylation is 1. The SMILES string of the molecule is CCc1nsc(NCC2(C(=O)O)CCCCCC2)n1. The molecule has 0 radical (unpaired) electrons. The molecule has 6 heteroatoms. The van der Waals surface area contributed by atoms with Gasteiger partial charge in [0.25, 0.3) is 0 Å². The Morgan fingerprint density at radius 1 is 1.37 bits per heavy atom. The summed E-state index contributed by atoms with van der Waals surface area (Å²) in [6.45, 7) is 2.47. The minimum Gasteiger partial charge on any atom is -0.481 e. The van der Waals surface area contributed by atoms with Gasteiger partial charge in [0.15, 0.2) is 0 Å². The average molecular weight is 283 g/mol. The minimum atomic E-state index is -0.679. The van der Waals surface area contributed by atoms with E-state index in [9.17, 15) is 9.90 Å². The quantitative estimate of drug-likeness (QED) is 0.813. The molecule has 0 amide bonds. The monoisotopic (exact) mass is 283 g/mol. The van der Waals surface area contributed by atoms with E-state index < -0.39 is 11.4 Å². The molecule has 1 aromatic heterocycles. The van der Waals surface area contributed by atoms with Gasteiger partial charge in [-0.25, -0.2) is 4.98 Å². The molecule has 0 aliphatic heterocycles. The van der Waals surface area contributed by atoms with Crippen molar-refractivity contribution < 1.29 is 9.90 Å². The highest BCUT2D eigenvalue weighted by molar-refractivity contribution is 7.09. The highest BCUT2D eigenvalue weighted by atomic mass is 32.1. The standard InChI is InChI=1S/C13H21N3O2S/c1-2-10-15-12(19-16-10)14-9-13(11(17)18)7-5-3-4-6-8-13/h2-9H2,1H3,(H,17,18)(H,14,15,16). The largest absolute Gasteiger partial charge is 0.481 e. The van der Waals surface area contributed by atoms with Gasteiger partial charge in [0.1, 0.15) is 5.82 Å². The van der Waals surface area contributed by atoms with E-state index in [4.69, 9.17) is 0 Å². The first-order valence-electron chi connectivity index (χ1n) is 6.96. The van der Waals surface area contributed by atoms with E-state index >= 15 is 0 Å². The minimum absolute atomic E-state index is 0.459. The van der Waals surface area contributed by atoms with Gasteiger partial charge in [-0.3, -0.25) is 4.79 Å². The summed E-state index contributed by atoms with van der Waals surface area (Å²) >= 11 is 1.31. The summed E-state index contributed by atoms with van der Waals surface area (Å²) in [6, 6.07) is 0. The molecular weight excluding hydrogens is 262 g/mol. The van der Waals surface area contributed by atoms with Crippen molar-refractivity contribution in [2.24, 2.45) is 5.41 Å². The summed E-state index contributed by atoms with van der Waals surface area (Å²) < 4.78 is 4.21. The van der Waals surface area contributed by atoms with Crippen molar-refractivity contribution >= 4 is 22.6 Å². The van der Waals surface area contributed by atoms with Crippen LogP contribution in [0.15, 0.2) is 0 Å². The second kappa shape index (κ2) is 6.32. The Hall–Kier alpha value is -1.17. The van der Waals surface area contributed by atoms with Gasteiger partial charge in [0.2, 0.25) is 5.13 Å². The maximum atomic E-state index is 11.6. The predicted molar refractivity (Wildman–Crippen MR) is 75.5 cm³/mol. The van der Waals surface area contributed by atoms with Gasteiger partial charge in [-0.1, -0.05) is 32.6 Å². The number of hydrogen-bond acceptors (Lipinski definition) is 5. The van der Waals surface area contributed by atoms with E-state index in [1.165, 1.54) is 11.5 Å². The number of aromatic nitrogens is 2. The fourth-order valence-corrected chi connectivity index (χ4v) is 3.23. The second-order valence-corrected chi connectivity index (χ2v) is 5.97. The predicted octanol–water partition coefficient (Wildman–Crippen LogP) is 2.94. The van der Waals surface area contributed by atoms with E-state index in [0.717, 1.165) is 55.9 Å². The van der Waals surface area contributed by atoms with Crippen molar-refractivity contribution in [2.45, 2.75) is 51.9 Å². The molecule has 2 rings (SSSR count). The molecule has 0 spiro atoms. The Labute approximate surface area is 117 Å². The molecule has 0 atom stereocenters. The number of carbonyl (C=O) groups is 1. The van der Waals surface area contributed by atoms with Crippen molar-refractivity contribution in [1.29, 1.82) is 0 Å². The van der Waals surface area contributed by atoms with Crippen molar-refractivity contribution in [3.63, 3.8) is 0 Å². The molecule has 0 saturated heterocycles. The summed E-state index contributed by atoms with van der Waals surface area (Å²) in [5.41, 5.74) is -0.630. The molecule has 2 N–H and O–H groups in total. The third-order valence-electron chi connectivity index (χ3n) is 3.88. The lowest BCUT2D eigenvalue weighted by atomic mass is 9.80. The molecule has 1 saturated carbocycles. The van der Waals surface area contributed by atoms with Crippen molar-refractivity contribution in [2.75, 3.05) is 11.9 Å². The molecule has 19 heavy (non-hydrogen) atoms. The summed E-state index contributed by atoms with van der Waals surface area (Å²) in [5.74, 6) is 0.139. The van der Waals surface area contributed by atoms with Crippen LogP contribution < -0.4 is 5.32 Å². The third-order valence-corrected chi connectivity index (χ3v) is 4.59. The maximum Gasteiger partial charge on any atom is 0.311 e. The number of nitrogens with one attached hydrogen (secondary N) is 1. The average Bonchev–Trinajstić information content (AvgIpc) is 2.73. The van der Waals surface area contributed by atoms with Crippen molar-refractivity contribution in [3.05, 3.63) is 5.82 Å². The summed E-state index contributed by atoms with van der Waals surface area (Å²) in [7, 11) is 0. The zero-order chi connectivity index (χ0) is 13.7. The zero-order valence-corrected chi connectivity index (χ0v) is 12.1. The van der Waals surface area contributed by atoms with E-state index in [1.807, 2.05) is 6.92 Å². The van der Waals surface area contributed by atoms with Gasteiger partial charge in [-0.2, -0.15) is 4.37 Å². The molecule has 1 fully saturated rings. The smallest absolute Gasteiger partial charge is 0.311 e. The van der Waals surface area contributed by atoms with Gasteiger partial charge in [0, 0.05) is 24.5 Å². The molecule has 106 valence electrons. The van der Waals surface area contributed by atoms with E-state index in [-0.39, 0.29) is 0 Å². The fourth-order valence-electron chi connectivity index (χ4n) is 2.59. The van der Waals surface area contributed by atoms with Crippen molar-refractivity contribution in [3.8, 4) is 0 Å². The van der Waals surface area contributed by atoms with Gasteiger partial charge >= 0.3 is 5.97 Å². The molecule has 1 heterocycles. The molecule has 1 aliphatic rings. The van der Waals surface area contributed by atoms with Gasteiger partial charge in [-0.15, -0.1) is 0 Å². The molecule has 5 nitrogen and oxygen atoms in total. The molecule has 1 aromatic rings. The Balaban J connectivity index is 2.01. The topological polar surface area (TPSA) is 75.1 Å². The number of nitrogens with zero attached hydrogens (tertiary/aromatic N) is 2. The second-order valence-electron chi connectivity index (χ2n) is 5.22. The summed E-state index contributed by atoms with van der Waals surface area (Å²) in [4.78, 5) is 16.0. The molecule has 0 bridgehead atoms. The normalized spacial score (nSPS) is 18.8.